The molecule has 0 unspecified atom stereocenters. The van der Waals surface area contributed by atoms with E-state index in [1.165, 1.54) is 17.6 Å². The Kier molecular flexibility index (Phi) is 6.11. The van der Waals surface area contributed by atoms with Gasteiger partial charge in [0.15, 0.2) is 5.78 Å². The van der Waals surface area contributed by atoms with Crippen molar-refractivity contribution in [1.29, 1.82) is 0 Å². The molecule has 22 heavy (non-hydrogen) atoms. The van der Waals surface area contributed by atoms with Gasteiger partial charge in [0.05, 0.1) is 5.52 Å². The quantitative estimate of drug-likeness (QED) is 0.725. The van der Waals surface area contributed by atoms with Crippen LogP contribution in [-0.2, 0) is 9.53 Å². The highest BCUT2D eigenvalue weighted by Crippen LogP contribution is 2.17. The smallest absolute Gasteiger partial charge is 0.418 e. The first-order chi connectivity index (χ1) is 10.2. The lowest BCUT2D eigenvalue weighted by molar-refractivity contribution is -0.112. The maximum Gasteiger partial charge on any atom is 0.418 e. The Labute approximate surface area is 131 Å². The summed E-state index contributed by atoms with van der Waals surface area (Å²) in [5, 5.41) is 1.04. The second-order valence-corrected chi connectivity index (χ2v) is 5.84. The molecular formula is C18H23NO3. The normalized spacial score (nSPS) is 11.1. The molecule has 0 aliphatic rings. The zero-order valence-corrected chi connectivity index (χ0v) is 13.8. The molecule has 0 bridgehead atoms. The number of benzene rings is 1. The number of rotatable bonds is 1. The molecule has 0 radical (unpaired) electrons. The van der Waals surface area contributed by atoms with E-state index in [9.17, 15) is 9.59 Å². The minimum Gasteiger partial charge on any atom is -0.443 e. The lowest BCUT2D eigenvalue weighted by Crippen LogP contribution is -2.26. The van der Waals surface area contributed by atoms with Gasteiger partial charge in [-0.2, -0.15) is 0 Å². The molecule has 1 heterocycles. The van der Waals surface area contributed by atoms with Crippen molar-refractivity contribution in [3.05, 3.63) is 48.7 Å². The third kappa shape index (κ3) is 5.56. The molecule has 0 amide bonds. The average molecular weight is 301 g/mol. The number of hydrogen-bond acceptors (Lipinski definition) is 3. The van der Waals surface area contributed by atoms with Crippen LogP contribution in [0.1, 0.15) is 34.6 Å². The van der Waals surface area contributed by atoms with Crippen LogP contribution in [0, 0.1) is 0 Å². The molecule has 2 aromatic rings. The summed E-state index contributed by atoms with van der Waals surface area (Å²) >= 11 is 0. The van der Waals surface area contributed by atoms with E-state index in [1.807, 2.05) is 58.0 Å². The number of allylic oxidation sites excluding steroid dienone is 2. The standard InChI is InChI=1S/C13H15NO2.C5H8O/c1-13(2,3)16-12(15)14-9-8-10-6-4-5-7-11(10)14;1-3-4-5(2)6/h4-9H,1-3H3;3-4H,1-2H3/b;4-3+. The minimum atomic E-state index is -0.470. The van der Waals surface area contributed by atoms with Crippen LogP contribution in [-0.4, -0.2) is 22.0 Å². The number of carbonyl (C=O) groups is 2. The number of carbonyl (C=O) groups excluding carboxylic acids is 2. The number of ketones is 1. The van der Waals surface area contributed by atoms with Gasteiger partial charge in [0.25, 0.3) is 0 Å². The van der Waals surface area contributed by atoms with Crippen LogP contribution in [0.4, 0.5) is 4.79 Å². The van der Waals surface area contributed by atoms with Crippen LogP contribution in [0.15, 0.2) is 48.7 Å². The fourth-order valence-corrected chi connectivity index (χ4v) is 1.79. The maximum absolute atomic E-state index is 11.9. The molecule has 0 aliphatic carbocycles. The first-order valence-corrected chi connectivity index (χ1v) is 7.17. The number of aromatic nitrogens is 1. The summed E-state index contributed by atoms with van der Waals surface area (Å²) in [6, 6.07) is 9.62. The third-order valence-corrected chi connectivity index (χ3v) is 2.59. The van der Waals surface area contributed by atoms with E-state index in [4.69, 9.17) is 4.74 Å². The van der Waals surface area contributed by atoms with E-state index < -0.39 is 5.60 Å². The van der Waals surface area contributed by atoms with Crippen LogP contribution in [0.5, 0.6) is 0 Å². The van der Waals surface area contributed by atoms with Gasteiger partial charge in [-0.1, -0.05) is 24.3 Å². The van der Waals surface area contributed by atoms with Gasteiger partial charge in [0, 0.05) is 11.6 Å². The van der Waals surface area contributed by atoms with Crippen LogP contribution >= 0.6 is 0 Å². The molecule has 0 aliphatic heterocycles. The second kappa shape index (κ2) is 7.59. The van der Waals surface area contributed by atoms with Crippen LogP contribution in [0.25, 0.3) is 10.9 Å². The molecule has 4 heteroatoms. The molecule has 0 N–H and O–H groups in total. The lowest BCUT2D eigenvalue weighted by atomic mass is 10.2. The molecule has 1 aromatic carbocycles. The molecule has 4 nitrogen and oxygen atoms in total. The van der Waals surface area contributed by atoms with Crippen molar-refractivity contribution in [3.8, 4) is 0 Å². The summed E-state index contributed by atoms with van der Waals surface area (Å²) in [7, 11) is 0. The van der Waals surface area contributed by atoms with Gasteiger partial charge < -0.3 is 4.74 Å². The van der Waals surface area contributed by atoms with Gasteiger partial charge in [-0.25, -0.2) is 4.79 Å². The Hall–Kier alpha value is -2.36. The van der Waals surface area contributed by atoms with Gasteiger partial charge in [0.1, 0.15) is 5.60 Å². The molecule has 0 fully saturated rings. The summed E-state index contributed by atoms with van der Waals surface area (Å²) in [5.74, 6) is 0.109. The van der Waals surface area contributed by atoms with Gasteiger partial charge in [0.2, 0.25) is 0 Å². The van der Waals surface area contributed by atoms with Crippen molar-refractivity contribution in [3.63, 3.8) is 0 Å². The SMILES string of the molecule is C/C=C/C(C)=O.CC(C)(C)OC(=O)n1ccc2ccccc21. The van der Waals surface area contributed by atoms with Crippen LogP contribution in [0.3, 0.4) is 0 Å². The first kappa shape index (κ1) is 17.7. The molecule has 0 atom stereocenters. The fraction of sp³-hybridized carbons (Fsp3) is 0.333. The fourth-order valence-electron chi connectivity index (χ4n) is 1.79. The van der Waals surface area contributed by atoms with Crippen molar-refractivity contribution in [1.82, 2.24) is 4.57 Å². The lowest BCUT2D eigenvalue weighted by Gasteiger charge is -2.19. The van der Waals surface area contributed by atoms with E-state index in [-0.39, 0.29) is 11.9 Å². The highest BCUT2D eigenvalue weighted by Gasteiger charge is 2.18. The van der Waals surface area contributed by atoms with Gasteiger partial charge in [-0.15, -0.1) is 0 Å². The summed E-state index contributed by atoms with van der Waals surface area (Å²) in [6.07, 6.45) is 4.65. The van der Waals surface area contributed by atoms with E-state index >= 15 is 0 Å². The molecule has 2 rings (SSSR count). The van der Waals surface area contributed by atoms with Crippen molar-refractivity contribution in [2.75, 3.05) is 0 Å². The zero-order valence-electron chi connectivity index (χ0n) is 13.8. The van der Waals surface area contributed by atoms with Crippen molar-refractivity contribution in [2.24, 2.45) is 0 Å². The second-order valence-electron chi connectivity index (χ2n) is 5.84. The van der Waals surface area contributed by atoms with E-state index in [2.05, 4.69) is 0 Å². The Morgan fingerprint density at radius 3 is 2.27 bits per heavy atom. The topological polar surface area (TPSA) is 48.3 Å². The predicted octanol–water partition coefficient (Wildman–Crippen LogP) is 4.58. The highest BCUT2D eigenvalue weighted by atomic mass is 16.6. The van der Waals surface area contributed by atoms with Crippen LogP contribution in [0.2, 0.25) is 0 Å². The van der Waals surface area contributed by atoms with Crippen molar-refractivity contribution >= 4 is 22.8 Å². The number of ether oxygens (including phenoxy) is 1. The summed E-state index contributed by atoms with van der Waals surface area (Å²) < 4.78 is 6.84. The molecule has 1 aromatic heterocycles. The molecule has 118 valence electrons. The number of hydrogen-bond donors (Lipinski definition) is 0. The Bertz CT molecular complexity index is 675. The van der Waals surface area contributed by atoms with Gasteiger partial charge >= 0.3 is 6.09 Å². The Balaban J connectivity index is 0.000000346. The minimum absolute atomic E-state index is 0.109. The zero-order chi connectivity index (χ0) is 16.8. The van der Waals surface area contributed by atoms with E-state index in [0.717, 1.165) is 10.9 Å². The highest BCUT2D eigenvalue weighted by molar-refractivity contribution is 5.89. The molecule has 0 saturated heterocycles. The first-order valence-electron chi connectivity index (χ1n) is 7.17. The average Bonchev–Trinajstić information content (AvgIpc) is 2.81. The largest absolute Gasteiger partial charge is 0.443 e. The molecule has 0 spiro atoms. The monoisotopic (exact) mass is 301 g/mol. The molecular weight excluding hydrogens is 278 g/mol. The van der Waals surface area contributed by atoms with E-state index in [1.54, 1.807) is 12.3 Å². The summed E-state index contributed by atoms with van der Waals surface area (Å²) in [4.78, 5) is 21.8. The predicted molar refractivity (Wildman–Crippen MR) is 89.1 cm³/mol. The van der Waals surface area contributed by atoms with Gasteiger partial charge in [-0.3, -0.25) is 9.36 Å². The van der Waals surface area contributed by atoms with E-state index in [0.29, 0.717) is 0 Å². The van der Waals surface area contributed by atoms with Crippen molar-refractivity contribution < 1.29 is 14.3 Å². The third-order valence-electron chi connectivity index (χ3n) is 2.59. The number of para-hydroxylation sites is 1. The molecule has 0 saturated carbocycles. The summed E-state index contributed by atoms with van der Waals surface area (Å²) in [6.45, 7) is 8.92. The van der Waals surface area contributed by atoms with Crippen LogP contribution < -0.4 is 0 Å². The van der Waals surface area contributed by atoms with Gasteiger partial charge in [-0.05, 0) is 52.8 Å². The Morgan fingerprint density at radius 1 is 1.14 bits per heavy atom. The number of fused-ring (bicyclic) bond motifs is 1. The summed E-state index contributed by atoms with van der Waals surface area (Å²) in [5.41, 5.74) is 0.402. The Morgan fingerprint density at radius 2 is 1.77 bits per heavy atom. The number of nitrogens with zero attached hydrogens (tertiary/aromatic N) is 1. The maximum atomic E-state index is 11.9. The van der Waals surface area contributed by atoms with Crippen molar-refractivity contribution in [2.45, 2.75) is 40.2 Å².